The largest absolute Gasteiger partial charge is 0.377 e. The van der Waals surface area contributed by atoms with Gasteiger partial charge >= 0.3 is 0 Å². The molecule has 0 fully saturated rings. The lowest BCUT2D eigenvalue weighted by Crippen LogP contribution is -2.34. The molecule has 0 saturated heterocycles. The third kappa shape index (κ3) is 1.20. The molecule has 1 atom stereocenters. The van der Waals surface area contributed by atoms with E-state index < -0.39 is 0 Å². The third-order valence-electron chi connectivity index (χ3n) is 3.10. The van der Waals surface area contributed by atoms with Crippen LogP contribution in [0, 0.1) is 0 Å². The predicted octanol–water partition coefficient (Wildman–Crippen LogP) is 2.27. The van der Waals surface area contributed by atoms with Gasteiger partial charge in [0.25, 0.3) is 0 Å². The molecule has 0 N–H and O–H groups in total. The van der Waals surface area contributed by atoms with Gasteiger partial charge in [0.1, 0.15) is 0 Å². The molecular formula is C11H16N2O. The van der Waals surface area contributed by atoms with Crippen LogP contribution in [0.3, 0.4) is 0 Å². The van der Waals surface area contributed by atoms with Crippen LogP contribution in [0.25, 0.3) is 5.57 Å². The highest BCUT2D eigenvalue weighted by Gasteiger charge is 2.37. The van der Waals surface area contributed by atoms with Crippen molar-refractivity contribution in [3.8, 4) is 0 Å². The van der Waals surface area contributed by atoms with E-state index in [1.807, 2.05) is 16.9 Å². The normalized spacial score (nSPS) is 21.4. The summed E-state index contributed by atoms with van der Waals surface area (Å²) in [5.41, 5.74) is 2.10. The minimum Gasteiger partial charge on any atom is -0.377 e. The molecule has 0 amide bonds. The van der Waals surface area contributed by atoms with E-state index in [0.29, 0.717) is 0 Å². The van der Waals surface area contributed by atoms with Crippen molar-refractivity contribution < 1.29 is 4.74 Å². The first-order chi connectivity index (χ1) is 6.56. The van der Waals surface area contributed by atoms with Gasteiger partial charge < -0.3 is 4.74 Å². The van der Waals surface area contributed by atoms with Crippen molar-refractivity contribution in [2.45, 2.75) is 31.9 Å². The number of nitrogens with zero attached hydrogens (tertiary/aromatic N) is 2. The van der Waals surface area contributed by atoms with Crippen molar-refractivity contribution in [3.63, 3.8) is 0 Å². The number of aromatic nitrogens is 2. The van der Waals surface area contributed by atoms with E-state index in [2.05, 4.69) is 25.5 Å². The van der Waals surface area contributed by atoms with Gasteiger partial charge in [0.05, 0.1) is 17.3 Å². The summed E-state index contributed by atoms with van der Waals surface area (Å²) in [5.74, 6) is 0. The van der Waals surface area contributed by atoms with E-state index in [-0.39, 0.29) is 11.6 Å². The number of hydrogen-bond donors (Lipinski definition) is 0. The number of rotatable bonds is 2. The molecule has 0 spiro atoms. The predicted molar refractivity (Wildman–Crippen MR) is 56.0 cm³/mol. The van der Waals surface area contributed by atoms with Gasteiger partial charge in [0.2, 0.25) is 0 Å². The van der Waals surface area contributed by atoms with E-state index >= 15 is 0 Å². The summed E-state index contributed by atoms with van der Waals surface area (Å²) in [6.45, 7) is 8.22. The molecule has 3 nitrogen and oxygen atoms in total. The molecule has 14 heavy (non-hydrogen) atoms. The number of methoxy groups -OCH3 is 1. The van der Waals surface area contributed by atoms with Crippen LogP contribution in [0.4, 0.5) is 0 Å². The molecule has 0 aliphatic carbocycles. The number of ether oxygens (including phenoxy) is 1. The molecule has 1 aliphatic heterocycles. The summed E-state index contributed by atoms with van der Waals surface area (Å²) in [7, 11) is 1.74. The van der Waals surface area contributed by atoms with Crippen LogP contribution in [0.1, 0.15) is 32.0 Å². The van der Waals surface area contributed by atoms with Crippen LogP contribution < -0.4 is 0 Å². The zero-order chi connectivity index (χ0) is 10.3. The first-order valence-corrected chi connectivity index (χ1v) is 4.83. The number of fused-ring (bicyclic) bond motifs is 1. The summed E-state index contributed by atoms with van der Waals surface area (Å²) in [5, 5.41) is 4.32. The van der Waals surface area contributed by atoms with Gasteiger partial charge in [-0.05, 0) is 31.9 Å². The molecule has 0 aromatic carbocycles. The highest BCUT2D eigenvalue weighted by molar-refractivity contribution is 5.63. The Balaban J connectivity index is 2.40. The lowest BCUT2D eigenvalue weighted by Gasteiger charge is -2.30. The fraction of sp³-hybridized carbons (Fsp3) is 0.545. The van der Waals surface area contributed by atoms with Crippen LogP contribution in [0.15, 0.2) is 18.8 Å². The fourth-order valence-corrected chi connectivity index (χ4v) is 1.94. The summed E-state index contributed by atoms with van der Waals surface area (Å²) in [6, 6.07) is 2.28. The Morgan fingerprint density at radius 2 is 2.36 bits per heavy atom. The lowest BCUT2D eigenvalue weighted by molar-refractivity contribution is -0.0216. The van der Waals surface area contributed by atoms with Crippen molar-refractivity contribution in [1.29, 1.82) is 0 Å². The first kappa shape index (κ1) is 9.46. The van der Waals surface area contributed by atoms with Crippen LogP contribution in [-0.4, -0.2) is 22.5 Å². The highest BCUT2D eigenvalue weighted by atomic mass is 16.5. The number of hydrogen-bond acceptors (Lipinski definition) is 2. The van der Waals surface area contributed by atoms with Crippen molar-refractivity contribution in [1.82, 2.24) is 9.78 Å². The lowest BCUT2D eigenvalue weighted by atomic mass is 9.95. The minimum atomic E-state index is -0.194. The monoisotopic (exact) mass is 192 g/mol. The molecule has 0 radical (unpaired) electrons. The van der Waals surface area contributed by atoms with Gasteiger partial charge in [-0.1, -0.05) is 6.58 Å². The van der Waals surface area contributed by atoms with E-state index in [1.165, 1.54) is 0 Å². The zero-order valence-corrected chi connectivity index (χ0v) is 8.95. The quantitative estimate of drug-likeness (QED) is 0.718. The van der Waals surface area contributed by atoms with Gasteiger partial charge in [0.15, 0.2) is 0 Å². The molecule has 1 aromatic heterocycles. The molecule has 76 valence electrons. The van der Waals surface area contributed by atoms with Gasteiger partial charge in [0, 0.05) is 13.3 Å². The molecule has 3 heteroatoms. The maximum Gasteiger partial charge on any atom is 0.0851 e. The smallest absolute Gasteiger partial charge is 0.0851 e. The summed E-state index contributed by atoms with van der Waals surface area (Å²) in [6.07, 6.45) is 2.75. The van der Waals surface area contributed by atoms with Crippen LogP contribution in [-0.2, 0) is 4.74 Å². The maximum atomic E-state index is 5.49. The Bertz CT molecular complexity index is 365. The Morgan fingerprint density at radius 3 is 3.00 bits per heavy atom. The van der Waals surface area contributed by atoms with Crippen molar-refractivity contribution in [2.75, 3.05) is 7.11 Å². The zero-order valence-electron chi connectivity index (χ0n) is 8.95. The molecule has 0 bridgehead atoms. The molecule has 2 heterocycles. The standard InChI is InChI=1S/C11H16N2O/c1-8-7-10(11(2,3)14-4)13-9(8)5-6-12-13/h5-6,10H,1,7H2,2-4H3. The average molecular weight is 192 g/mol. The van der Waals surface area contributed by atoms with Crippen molar-refractivity contribution >= 4 is 5.57 Å². The topological polar surface area (TPSA) is 27.1 Å². The van der Waals surface area contributed by atoms with E-state index in [4.69, 9.17) is 4.74 Å². The summed E-state index contributed by atoms with van der Waals surface area (Å²) in [4.78, 5) is 0. The minimum absolute atomic E-state index is 0.194. The van der Waals surface area contributed by atoms with Gasteiger partial charge in [-0.25, -0.2) is 0 Å². The van der Waals surface area contributed by atoms with Crippen LogP contribution in [0.2, 0.25) is 0 Å². The molecule has 1 unspecified atom stereocenters. The molecule has 1 aromatic rings. The SMILES string of the molecule is C=C1CC(C(C)(C)OC)n2nccc21. The van der Waals surface area contributed by atoms with Gasteiger partial charge in [-0.15, -0.1) is 0 Å². The molecule has 1 aliphatic rings. The second kappa shape index (κ2) is 2.95. The Kier molecular flexibility index (Phi) is 2.00. The Morgan fingerprint density at radius 1 is 1.64 bits per heavy atom. The second-order valence-electron chi connectivity index (χ2n) is 4.29. The van der Waals surface area contributed by atoms with E-state index in [1.54, 1.807) is 7.11 Å². The van der Waals surface area contributed by atoms with Gasteiger partial charge in [-0.2, -0.15) is 5.10 Å². The highest BCUT2D eigenvalue weighted by Crippen LogP contribution is 2.40. The van der Waals surface area contributed by atoms with Crippen LogP contribution in [0.5, 0.6) is 0 Å². The molecule has 0 saturated carbocycles. The maximum absolute atomic E-state index is 5.49. The second-order valence-corrected chi connectivity index (χ2v) is 4.29. The average Bonchev–Trinajstić information content (AvgIpc) is 2.70. The van der Waals surface area contributed by atoms with Crippen LogP contribution >= 0.6 is 0 Å². The van der Waals surface area contributed by atoms with E-state index in [0.717, 1.165) is 17.7 Å². The Hall–Kier alpha value is -1.09. The summed E-state index contributed by atoms with van der Waals surface area (Å²) >= 11 is 0. The first-order valence-electron chi connectivity index (χ1n) is 4.83. The third-order valence-corrected chi connectivity index (χ3v) is 3.10. The molecule has 2 rings (SSSR count). The van der Waals surface area contributed by atoms with E-state index in [9.17, 15) is 0 Å². The van der Waals surface area contributed by atoms with Crippen molar-refractivity contribution in [2.24, 2.45) is 0 Å². The Labute approximate surface area is 84.4 Å². The summed E-state index contributed by atoms with van der Waals surface area (Å²) < 4.78 is 7.51. The van der Waals surface area contributed by atoms with Gasteiger partial charge in [-0.3, -0.25) is 4.68 Å². The number of allylic oxidation sites excluding steroid dienone is 1. The molecular weight excluding hydrogens is 176 g/mol. The van der Waals surface area contributed by atoms with Crippen molar-refractivity contribution in [3.05, 3.63) is 24.5 Å². The fourth-order valence-electron chi connectivity index (χ4n) is 1.94.